The molecule has 0 unspecified atom stereocenters. The number of hydrogen-bond donors (Lipinski definition) is 0. The molecule has 0 fully saturated rings. The molecule has 13 heavy (non-hydrogen) atoms. The first-order valence-electron chi connectivity index (χ1n) is 4.27. The average Bonchev–Trinajstić information content (AvgIpc) is 2.45. The van der Waals surface area contributed by atoms with Crippen LogP contribution in [0.1, 0.15) is 26.5 Å². The number of nitrogens with zero attached hydrogens (tertiary/aromatic N) is 2. The van der Waals surface area contributed by atoms with E-state index in [4.69, 9.17) is 4.42 Å². The summed E-state index contributed by atoms with van der Waals surface area (Å²) in [5.74, 6) is 0.947. The molecule has 2 rings (SSSR count). The normalized spacial score (nSPS) is 12.2. The van der Waals surface area contributed by atoms with Gasteiger partial charge >= 0.3 is 0 Å². The molecule has 0 aliphatic carbocycles. The second-order valence-corrected chi connectivity index (χ2v) is 4.14. The maximum atomic E-state index is 5.48. The van der Waals surface area contributed by atoms with Gasteiger partial charge in [-0.05, 0) is 0 Å². The van der Waals surface area contributed by atoms with E-state index in [1.54, 1.807) is 12.5 Å². The minimum absolute atomic E-state index is 0.00641. The fourth-order valence-electron chi connectivity index (χ4n) is 1.37. The van der Waals surface area contributed by atoms with E-state index in [2.05, 4.69) is 30.7 Å². The fraction of sp³-hybridized carbons (Fsp3) is 0.400. The smallest absolute Gasteiger partial charge is 0.120 e. The van der Waals surface area contributed by atoms with E-state index in [1.807, 2.05) is 0 Å². The molecule has 0 aliphatic heterocycles. The van der Waals surface area contributed by atoms with Gasteiger partial charge in [-0.25, -0.2) is 9.97 Å². The van der Waals surface area contributed by atoms with Gasteiger partial charge < -0.3 is 4.42 Å². The molecule has 0 bridgehead atoms. The summed E-state index contributed by atoms with van der Waals surface area (Å²) in [5.41, 5.74) is 0.881. The maximum absolute atomic E-state index is 5.48. The van der Waals surface area contributed by atoms with E-state index in [1.165, 1.54) is 6.33 Å². The predicted molar refractivity (Wildman–Crippen MR) is 50.5 cm³/mol. The molecule has 3 nitrogen and oxygen atoms in total. The highest BCUT2D eigenvalue weighted by atomic mass is 16.3. The topological polar surface area (TPSA) is 38.9 Å². The van der Waals surface area contributed by atoms with Crippen molar-refractivity contribution in [3.05, 3.63) is 24.5 Å². The van der Waals surface area contributed by atoms with E-state index in [0.29, 0.717) is 0 Å². The third kappa shape index (κ3) is 1.30. The number of furan rings is 1. The number of aromatic nitrogens is 2. The highest BCUT2D eigenvalue weighted by Crippen LogP contribution is 2.29. The summed E-state index contributed by atoms with van der Waals surface area (Å²) in [6.45, 7) is 6.33. The third-order valence-electron chi connectivity index (χ3n) is 1.96. The summed E-state index contributed by atoms with van der Waals surface area (Å²) in [6.07, 6.45) is 5.01. The second-order valence-electron chi connectivity index (χ2n) is 4.14. The van der Waals surface area contributed by atoms with Gasteiger partial charge in [0.25, 0.3) is 0 Å². The van der Waals surface area contributed by atoms with Gasteiger partial charge in [0.05, 0.1) is 5.39 Å². The standard InChI is InChI=1S/C10H12N2O/c1-10(2,3)9-7-4-11-6-12-8(7)5-13-9/h4-6H,1-3H3. The second kappa shape index (κ2) is 2.55. The molecular weight excluding hydrogens is 164 g/mol. The Morgan fingerprint density at radius 2 is 2.08 bits per heavy atom. The van der Waals surface area contributed by atoms with Gasteiger partial charge in [0.15, 0.2) is 0 Å². The number of rotatable bonds is 0. The highest BCUT2D eigenvalue weighted by molar-refractivity contribution is 5.79. The van der Waals surface area contributed by atoms with E-state index in [0.717, 1.165) is 16.7 Å². The van der Waals surface area contributed by atoms with Gasteiger partial charge in [-0.3, -0.25) is 0 Å². The van der Waals surface area contributed by atoms with Crippen LogP contribution in [-0.4, -0.2) is 9.97 Å². The van der Waals surface area contributed by atoms with Crippen LogP contribution in [0.4, 0.5) is 0 Å². The molecule has 3 heteroatoms. The summed E-state index contributed by atoms with van der Waals surface area (Å²) >= 11 is 0. The van der Waals surface area contributed by atoms with Gasteiger partial charge in [0, 0.05) is 11.6 Å². The molecule has 0 amide bonds. The van der Waals surface area contributed by atoms with E-state index >= 15 is 0 Å². The highest BCUT2D eigenvalue weighted by Gasteiger charge is 2.21. The van der Waals surface area contributed by atoms with Crippen LogP contribution < -0.4 is 0 Å². The lowest BCUT2D eigenvalue weighted by Crippen LogP contribution is -2.09. The van der Waals surface area contributed by atoms with Gasteiger partial charge in [-0.15, -0.1) is 0 Å². The van der Waals surface area contributed by atoms with Crippen molar-refractivity contribution < 1.29 is 4.42 Å². The summed E-state index contributed by atoms with van der Waals surface area (Å²) in [4.78, 5) is 8.10. The van der Waals surface area contributed by atoms with Crippen LogP contribution in [0.2, 0.25) is 0 Å². The quantitative estimate of drug-likeness (QED) is 0.619. The molecular formula is C10H12N2O. The summed E-state index contributed by atoms with van der Waals surface area (Å²) in [5, 5.41) is 1.01. The monoisotopic (exact) mass is 176 g/mol. The molecule has 0 saturated heterocycles. The Morgan fingerprint density at radius 1 is 1.31 bits per heavy atom. The van der Waals surface area contributed by atoms with Crippen LogP contribution in [0.3, 0.4) is 0 Å². The lowest BCUT2D eigenvalue weighted by Gasteiger charge is -2.14. The number of hydrogen-bond acceptors (Lipinski definition) is 3. The van der Waals surface area contributed by atoms with Crippen LogP contribution in [0.15, 0.2) is 23.2 Å². The van der Waals surface area contributed by atoms with Crippen molar-refractivity contribution in [1.82, 2.24) is 9.97 Å². The zero-order chi connectivity index (χ0) is 9.47. The largest absolute Gasteiger partial charge is 0.466 e. The molecule has 0 spiro atoms. The van der Waals surface area contributed by atoms with Crippen LogP contribution >= 0.6 is 0 Å². The summed E-state index contributed by atoms with van der Waals surface area (Å²) in [6, 6.07) is 0. The van der Waals surface area contributed by atoms with Crippen molar-refractivity contribution in [1.29, 1.82) is 0 Å². The Bertz CT molecular complexity index is 426. The van der Waals surface area contributed by atoms with E-state index < -0.39 is 0 Å². The maximum Gasteiger partial charge on any atom is 0.120 e. The predicted octanol–water partition coefficient (Wildman–Crippen LogP) is 2.52. The van der Waals surface area contributed by atoms with Crippen LogP contribution in [0.5, 0.6) is 0 Å². The Hall–Kier alpha value is -1.38. The Labute approximate surface area is 76.8 Å². The van der Waals surface area contributed by atoms with Gasteiger partial charge in [0.1, 0.15) is 23.9 Å². The van der Waals surface area contributed by atoms with Crippen LogP contribution in [0.25, 0.3) is 10.9 Å². The molecule has 68 valence electrons. The number of fused-ring (bicyclic) bond motifs is 1. The van der Waals surface area contributed by atoms with E-state index in [-0.39, 0.29) is 5.41 Å². The minimum Gasteiger partial charge on any atom is -0.466 e. The average molecular weight is 176 g/mol. The van der Waals surface area contributed by atoms with Crippen molar-refractivity contribution in [2.75, 3.05) is 0 Å². The Morgan fingerprint density at radius 3 is 2.77 bits per heavy atom. The van der Waals surface area contributed by atoms with Crippen LogP contribution in [0, 0.1) is 0 Å². The van der Waals surface area contributed by atoms with Gasteiger partial charge in [-0.2, -0.15) is 0 Å². The zero-order valence-corrected chi connectivity index (χ0v) is 8.03. The molecule has 0 aliphatic rings. The first-order valence-corrected chi connectivity index (χ1v) is 4.27. The van der Waals surface area contributed by atoms with Gasteiger partial charge in [-0.1, -0.05) is 20.8 Å². The summed E-state index contributed by atoms with van der Waals surface area (Å²) < 4.78 is 5.48. The molecule has 0 N–H and O–H groups in total. The summed E-state index contributed by atoms with van der Waals surface area (Å²) in [7, 11) is 0. The SMILES string of the molecule is CC(C)(C)c1occ2ncncc12. The zero-order valence-electron chi connectivity index (χ0n) is 8.03. The van der Waals surface area contributed by atoms with Crippen LogP contribution in [-0.2, 0) is 5.41 Å². The van der Waals surface area contributed by atoms with E-state index in [9.17, 15) is 0 Å². The lowest BCUT2D eigenvalue weighted by molar-refractivity contribution is 0.415. The minimum atomic E-state index is 0.00641. The van der Waals surface area contributed by atoms with Gasteiger partial charge in [0.2, 0.25) is 0 Å². The van der Waals surface area contributed by atoms with Crippen molar-refractivity contribution in [2.24, 2.45) is 0 Å². The first kappa shape index (κ1) is 8.23. The molecule has 0 atom stereocenters. The molecule has 0 radical (unpaired) electrons. The van der Waals surface area contributed by atoms with Crippen molar-refractivity contribution in [3.63, 3.8) is 0 Å². The molecule has 2 aromatic rings. The Kier molecular flexibility index (Phi) is 1.62. The lowest BCUT2D eigenvalue weighted by atomic mass is 9.92. The van der Waals surface area contributed by atoms with Crippen molar-refractivity contribution in [3.8, 4) is 0 Å². The molecule has 0 saturated carbocycles. The molecule has 2 heterocycles. The third-order valence-corrected chi connectivity index (χ3v) is 1.96. The first-order chi connectivity index (χ1) is 6.09. The Balaban J connectivity index is 2.72. The van der Waals surface area contributed by atoms with Crippen molar-refractivity contribution in [2.45, 2.75) is 26.2 Å². The molecule has 2 aromatic heterocycles. The molecule has 0 aromatic carbocycles. The fourth-order valence-corrected chi connectivity index (χ4v) is 1.37. The van der Waals surface area contributed by atoms with Crippen molar-refractivity contribution >= 4 is 10.9 Å².